The third kappa shape index (κ3) is 2.99. The number of hydrogen-bond donors (Lipinski definition) is 1. The van der Waals surface area contributed by atoms with Crippen LogP contribution in [0.4, 0.5) is 4.39 Å². The fraction of sp³-hybridized carbons (Fsp3) is 0.190. The Morgan fingerprint density at radius 3 is 2.86 bits per heavy atom. The molecule has 0 amide bonds. The van der Waals surface area contributed by atoms with Crippen LogP contribution in [0.15, 0.2) is 67.5 Å². The molecule has 1 unspecified atom stereocenters. The van der Waals surface area contributed by atoms with Gasteiger partial charge in [-0.3, -0.25) is 9.88 Å². The highest BCUT2D eigenvalue weighted by Gasteiger charge is 2.31. The normalized spacial score (nSPS) is 16.8. The van der Waals surface area contributed by atoms with Crippen molar-refractivity contribution in [1.82, 2.24) is 29.6 Å². The number of rotatable bonds is 4. The van der Waals surface area contributed by atoms with Gasteiger partial charge in [-0.1, -0.05) is 0 Å². The minimum absolute atomic E-state index is 0.00765. The molecule has 140 valence electrons. The summed E-state index contributed by atoms with van der Waals surface area (Å²) in [6, 6.07) is 10.7. The summed E-state index contributed by atoms with van der Waals surface area (Å²) in [5, 5.41) is 4.32. The summed E-state index contributed by atoms with van der Waals surface area (Å²) < 4.78 is 15.9. The summed E-state index contributed by atoms with van der Waals surface area (Å²) in [5.74, 6) is -0.246. The quantitative estimate of drug-likeness (QED) is 0.596. The first-order valence-electron chi connectivity index (χ1n) is 9.24. The molecule has 3 aromatic heterocycles. The van der Waals surface area contributed by atoms with Gasteiger partial charge in [-0.05, 0) is 47.5 Å². The van der Waals surface area contributed by atoms with E-state index in [1.165, 1.54) is 6.07 Å². The molecule has 0 aliphatic carbocycles. The van der Waals surface area contributed by atoms with E-state index in [4.69, 9.17) is 0 Å². The van der Waals surface area contributed by atoms with E-state index >= 15 is 0 Å². The molecule has 28 heavy (non-hydrogen) atoms. The molecule has 4 heterocycles. The molecule has 0 saturated heterocycles. The van der Waals surface area contributed by atoms with Crippen LogP contribution in [0, 0.1) is 5.82 Å². The number of aromatic amines is 1. The Labute approximate surface area is 161 Å². The van der Waals surface area contributed by atoms with E-state index in [0.717, 1.165) is 41.2 Å². The van der Waals surface area contributed by atoms with Gasteiger partial charge >= 0.3 is 0 Å². The summed E-state index contributed by atoms with van der Waals surface area (Å²) in [6.07, 6.45) is 9.82. The van der Waals surface area contributed by atoms with Crippen molar-refractivity contribution >= 4 is 0 Å². The number of imidazole rings is 1. The minimum Gasteiger partial charge on any atom is -0.348 e. The lowest BCUT2D eigenvalue weighted by Crippen LogP contribution is -2.36. The Hall–Kier alpha value is -3.32. The van der Waals surface area contributed by atoms with Gasteiger partial charge in [0.25, 0.3) is 0 Å². The van der Waals surface area contributed by atoms with E-state index in [0.29, 0.717) is 6.54 Å². The molecular weight excluding hydrogens is 355 g/mol. The first-order chi connectivity index (χ1) is 13.8. The molecule has 1 atom stereocenters. The van der Waals surface area contributed by atoms with E-state index in [1.807, 2.05) is 24.4 Å². The highest BCUT2D eigenvalue weighted by Crippen LogP contribution is 2.34. The van der Waals surface area contributed by atoms with Gasteiger partial charge in [0, 0.05) is 50.0 Å². The van der Waals surface area contributed by atoms with Crippen LogP contribution < -0.4 is 0 Å². The number of nitrogens with zero attached hydrogens (tertiary/aromatic N) is 5. The summed E-state index contributed by atoms with van der Waals surface area (Å²) in [7, 11) is 0. The SMILES string of the molecule is Fc1ccc(-n2cccn2)c(CN2CCc3[nH]cnc3C2c2ccncc2)c1. The molecule has 1 aliphatic heterocycles. The summed E-state index contributed by atoms with van der Waals surface area (Å²) >= 11 is 0. The molecule has 0 saturated carbocycles. The van der Waals surface area contributed by atoms with Crippen molar-refractivity contribution in [1.29, 1.82) is 0 Å². The zero-order valence-corrected chi connectivity index (χ0v) is 15.2. The Morgan fingerprint density at radius 1 is 1.14 bits per heavy atom. The van der Waals surface area contributed by atoms with Crippen molar-refractivity contribution in [2.24, 2.45) is 0 Å². The zero-order chi connectivity index (χ0) is 18.9. The summed E-state index contributed by atoms with van der Waals surface area (Å²) in [5.41, 5.74) is 5.08. The Morgan fingerprint density at radius 2 is 2.04 bits per heavy atom. The molecule has 1 aliphatic rings. The molecule has 0 spiro atoms. The number of H-pyrrole nitrogens is 1. The number of pyridine rings is 1. The van der Waals surface area contributed by atoms with Crippen LogP contribution >= 0.6 is 0 Å². The van der Waals surface area contributed by atoms with Gasteiger partial charge in [0.15, 0.2) is 0 Å². The lowest BCUT2D eigenvalue weighted by Gasteiger charge is -2.35. The molecule has 5 rings (SSSR count). The average Bonchev–Trinajstić information content (AvgIpc) is 3.40. The number of hydrogen-bond acceptors (Lipinski definition) is 4. The molecule has 1 aromatic carbocycles. The highest BCUT2D eigenvalue weighted by atomic mass is 19.1. The van der Waals surface area contributed by atoms with Gasteiger partial charge in [0.05, 0.1) is 23.8 Å². The summed E-state index contributed by atoms with van der Waals surface area (Å²) in [4.78, 5) is 14.3. The van der Waals surface area contributed by atoms with Crippen molar-refractivity contribution < 1.29 is 4.39 Å². The van der Waals surface area contributed by atoms with E-state index in [-0.39, 0.29) is 11.9 Å². The largest absolute Gasteiger partial charge is 0.348 e. The van der Waals surface area contributed by atoms with Crippen molar-refractivity contribution in [2.45, 2.75) is 19.0 Å². The van der Waals surface area contributed by atoms with Crippen LogP contribution in [0.3, 0.4) is 0 Å². The number of halogens is 1. The lowest BCUT2D eigenvalue weighted by molar-refractivity contribution is 0.200. The molecule has 7 heteroatoms. The lowest BCUT2D eigenvalue weighted by atomic mass is 9.95. The second kappa shape index (κ2) is 7.01. The van der Waals surface area contributed by atoms with Crippen LogP contribution in [0.1, 0.15) is 28.6 Å². The number of aromatic nitrogens is 5. The van der Waals surface area contributed by atoms with Crippen molar-refractivity contribution in [3.63, 3.8) is 0 Å². The topological polar surface area (TPSA) is 62.6 Å². The summed E-state index contributed by atoms with van der Waals surface area (Å²) in [6.45, 7) is 1.43. The molecule has 0 bridgehead atoms. The molecule has 6 nitrogen and oxygen atoms in total. The van der Waals surface area contributed by atoms with Crippen molar-refractivity contribution in [3.8, 4) is 5.69 Å². The van der Waals surface area contributed by atoms with Gasteiger partial charge in [0.1, 0.15) is 5.82 Å². The molecular formula is C21H19FN6. The van der Waals surface area contributed by atoms with E-state index in [1.54, 1.807) is 41.7 Å². The van der Waals surface area contributed by atoms with Crippen molar-refractivity contribution in [2.75, 3.05) is 6.54 Å². The first-order valence-corrected chi connectivity index (χ1v) is 9.24. The molecule has 1 N–H and O–H groups in total. The Balaban J connectivity index is 1.56. The van der Waals surface area contributed by atoms with E-state index in [9.17, 15) is 4.39 Å². The van der Waals surface area contributed by atoms with Gasteiger partial charge in [-0.15, -0.1) is 0 Å². The Kier molecular flexibility index (Phi) is 4.21. The van der Waals surface area contributed by atoms with Gasteiger partial charge in [0.2, 0.25) is 0 Å². The smallest absolute Gasteiger partial charge is 0.123 e. The van der Waals surface area contributed by atoms with Crippen LogP contribution in [-0.4, -0.2) is 36.2 Å². The fourth-order valence-corrected chi connectivity index (χ4v) is 3.94. The van der Waals surface area contributed by atoms with Crippen LogP contribution in [-0.2, 0) is 13.0 Å². The first kappa shape index (κ1) is 16.8. The van der Waals surface area contributed by atoms with Gasteiger partial charge < -0.3 is 4.98 Å². The molecule has 4 aromatic rings. The van der Waals surface area contributed by atoms with Crippen LogP contribution in [0.5, 0.6) is 0 Å². The third-order valence-electron chi connectivity index (χ3n) is 5.21. The van der Waals surface area contributed by atoms with E-state index < -0.39 is 0 Å². The van der Waals surface area contributed by atoms with Crippen LogP contribution in [0.25, 0.3) is 5.69 Å². The Bertz CT molecular complexity index is 1070. The van der Waals surface area contributed by atoms with Gasteiger partial charge in [-0.25, -0.2) is 14.1 Å². The second-order valence-corrected chi connectivity index (χ2v) is 6.89. The van der Waals surface area contributed by atoms with Gasteiger partial charge in [-0.2, -0.15) is 5.10 Å². The maximum atomic E-state index is 14.1. The van der Waals surface area contributed by atoms with E-state index in [2.05, 4.69) is 25.0 Å². The number of fused-ring (bicyclic) bond motifs is 1. The maximum absolute atomic E-state index is 14.1. The molecule has 0 fully saturated rings. The van der Waals surface area contributed by atoms with Crippen molar-refractivity contribution in [3.05, 3.63) is 95.8 Å². The minimum atomic E-state index is -0.246. The number of benzene rings is 1. The zero-order valence-electron chi connectivity index (χ0n) is 15.2. The highest BCUT2D eigenvalue weighted by molar-refractivity contribution is 5.41. The predicted octanol–water partition coefficient (Wildman–Crippen LogP) is 3.28. The molecule has 0 radical (unpaired) electrons. The monoisotopic (exact) mass is 374 g/mol. The van der Waals surface area contributed by atoms with Crippen LogP contribution in [0.2, 0.25) is 0 Å². The fourth-order valence-electron chi connectivity index (χ4n) is 3.94. The third-order valence-corrected chi connectivity index (χ3v) is 5.21. The maximum Gasteiger partial charge on any atom is 0.123 e. The second-order valence-electron chi connectivity index (χ2n) is 6.89. The average molecular weight is 374 g/mol. The predicted molar refractivity (Wildman–Crippen MR) is 102 cm³/mol. The standard InChI is InChI=1S/C21H19FN6/c22-17-2-3-19(28-10-1-7-26-28)16(12-17)13-27-11-6-18-20(25-14-24-18)21(27)15-4-8-23-9-5-15/h1-5,7-10,12,14,21H,6,11,13H2,(H,24,25). The number of nitrogens with one attached hydrogen (secondary N) is 1.